The quantitative estimate of drug-likeness (QED) is 0.342. The Hall–Kier alpha value is -0.0600. The fourth-order valence-electron chi connectivity index (χ4n) is 1.67. The molecule has 0 saturated carbocycles. The fourth-order valence-corrected chi connectivity index (χ4v) is 1.67. The second-order valence-corrected chi connectivity index (χ2v) is 5.23. The zero-order valence-electron chi connectivity index (χ0n) is 13.4. The van der Waals surface area contributed by atoms with E-state index in [2.05, 4.69) is 13.8 Å². The summed E-state index contributed by atoms with van der Waals surface area (Å²) in [4.78, 5) is 19.5. The third-order valence-corrected chi connectivity index (χ3v) is 3.20. The van der Waals surface area contributed by atoms with E-state index in [1.807, 2.05) is 0 Å². The predicted octanol–water partition coefficient (Wildman–Crippen LogP) is 4.07. The molecular weight excluding hydrogens is 279 g/mol. The summed E-state index contributed by atoms with van der Waals surface area (Å²) in [5, 5.41) is 15.9. The summed E-state index contributed by atoms with van der Waals surface area (Å²) in [7, 11) is 0. The normalized spacial score (nSPS) is 9.52. The van der Waals surface area contributed by atoms with Crippen molar-refractivity contribution in [2.45, 2.75) is 85.0 Å². The molecule has 0 unspecified atom stereocenters. The Morgan fingerprint density at radius 3 is 1.10 bits per heavy atom. The molecule has 0 bridgehead atoms. The van der Waals surface area contributed by atoms with Gasteiger partial charge in [-0.05, 0) is 6.92 Å². The third kappa shape index (κ3) is 22.4. The van der Waals surface area contributed by atoms with Crippen LogP contribution < -0.4 is 0 Å². The molecule has 0 fully saturated rings. The van der Waals surface area contributed by atoms with Crippen molar-refractivity contribution >= 4 is 41.5 Å². The van der Waals surface area contributed by atoms with Gasteiger partial charge < -0.3 is 10.2 Å². The molecule has 2 N–H and O–H groups in total. The maximum absolute atomic E-state index is 9.76. The molecule has 0 aliphatic heterocycles. The summed E-state index contributed by atoms with van der Waals surface area (Å²) < 4.78 is 0. The molecule has 0 radical (unpaired) electrons. The van der Waals surface area contributed by atoms with Gasteiger partial charge in [0.1, 0.15) is 0 Å². The Morgan fingerprint density at radius 2 is 0.952 bits per heavy atom. The van der Waals surface area contributed by atoms with Crippen molar-refractivity contribution in [3.05, 3.63) is 0 Å². The molecule has 4 nitrogen and oxygen atoms in total. The van der Waals surface area contributed by atoms with E-state index < -0.39 is 17.9 Å². The summed E-state index contributed by atoms with van der Waals surface area (Å²) in [6, 6.07) is 0. The molecule has 0 spiro atoms. The topological polar surface area (TPSA) is 74.6 Å². The molecule has 0 amide bonds. The molecule has 0 aliphatic carbocycles. The molecule has 0 aromatic heterocycles. The van der Waals surface area contributed by atoms with Crippen molar-refractivity contribution in [3.63, 3.8) is 0 Å². The Kier molecular flexibility index (Phi) is 24.6. The average Bonchev–Trinajstić information content (AvgIpc) is 2.41. The van der Waals surface area contributed by atoms with Gasteiger partial charge in [0, 0.05) is 0 Å². The van der Waals surface area contributed by atoms with Gasteiger partial charge in [-0.2, -0.15) is 0 Å². The van der Waals surface area contributed by atoms with Crippen LogP contribution in [0.1, 0.15) is 85.0 Å². The Balaban J connectivity index is -0.000000317. The van der Waals surface area contributed by atoms with E-state index in [-0.39, 0.29) is 29.6 Å². The number of carbonyl (C=O) groups is 2. The fraction of sp³-hybridized carbons (Fsp3) is 0.875. The van der Waals surface area contributed by atoms with Gasteiger partial charge in [-0.15, -0.1) is 0 Å². The second kappa shape index (κ2) is 19.9. The van der Waals surface area contributed by atoms with Crippen molar-refractivity contribution in [2.75, 3.05) is 0 Å². The molecule has 21 heavy (non-hydrogen) atoms. The van der Waals surface area contributed by atoms with Gasteiger partial charge in [0.2, 0.25) is 0 Å². The van der Waals surface area contributed by atoms with Crippen molar-refractivity contribution < 1.29 is 19.8 Å². The van der Waals surface area contributed by atoms with Crippen molar-refractivity contribution in [1.82, 2.24) is 0 Å². The molecule has 0 aromatic rings. The van der Waals surface area contributed by atoms with Gasteiger partial charge in [-0.3, -0.25) is 9.59 Å². The van der Waals surface area contributed by atoms with Crippen molar-refractivity contribution in [1.29, 1.82) is 0 Å². The summed E-state index contributed by atoms with van der Waals surface area (Å²) in [6.45, 7) is 5.67. The number of hydrogen-bond acceptors (Lipinski definition) is 2. The van der Waals surface area contributed by atoms with E-state index in [4.69, 9.17) is 10.2 Å². The van der Waals surface area contributed by atoms with Crippen LogP contribution >= 0.6 is 0 Å². The van der Waals surface area contributed by atoms with Crippen molar-refractivity contribution in [2.24, 2.45) is 5.92 Å². The number of unbranched alkanes of at least 4 members (excludes halogenated alkanes) is 9. The first-order valence-corrected chi connectivity index (χ1v) is 7.92. The van der Waals surface area contributed by atoms with Crippen LogP contribution in [0.2, 0.25) is 0 Å². The minimum atomic E-state index is -1.31. The standard InChI is InChI=1S/C12H26.C4H6O4.Na.H/c1-3-5-7-9-11-12-10-8-6-4-2;1-2(3(5)6)4(7)8;;/h3-12H2,1-2H3;2H,1H3,(H,5,6)(H,7,8);;. The molecule has 0 saturated heterocycles. The van der Waals surface area contributed by atoms with E-state index in [1.165, 1.54) is 64.2 Å². The zero-order valence-corrected chi connectivity index (χ0v) is 13.4. The second-order valence-electron chi connectivity index (χ2n) is 5.23. The molecular formula is C16H33NaO4. The molecule has 5 heteroatoms. The minimum absolute atomic E-state index is 0. The van der Waals surface area contributed by atoms with Gasteiger partial charge in [-0.25, -0.2) is 0 Å². The van der Waals surface area contributed by atoms with Gasteiger partial charge >= 0.3 is 41.5 Å². The molecule has 0 heterocycles. The van der Waals surface area contributed by atoms with Crippen LogP contribution in [0.4, 0.5) is 0 Å². The maximum atomic E-state index is 9.76. The SMILES string of the molecule is CC(C(=O)O)C(=O)O.CCCCCCCCCCCC.[NaH]. The number of hydrogen-bond donors (Lipinski definition) is 2. The van der Waals surface area contributed by atoms with E-state index in [0.29, 0.717) is 0 Å². The summed E-state index contributed by atoms with van der Waals surface area (Å²) >= 11 is 0. The first-order chi connectivity index (χ1) is 9.47. The Morgan fingerprint density at radius 1 is 0.714 bits per heavy atom. The first-order valence-electron chi connectivity index (χ1n) is 7.92. The summed E-state index contributed by atoms with van der Waals surface area (Å²) in [5.41, 5.74) is 0. The summed E-state index contributed by atoms with van der Waals surface area (Å²) in [5.74, 6) is -3.91. The number of carboxylic acid groups (broad SMARTS) is 2. The van der Waals surface area contributed by atoms with Crippen LogP contribution in [-0.4, -0.2) is 51.7 Å². The van der Waals surface area contributed by atoms with E-state index in [1.54, 1.807) is 0 Å². The van der Waals surface area contributed by atoms with Crippen LogP contribution in [-0.2, 0) is 9.59 Å². The monoisotopic (exact) mass is 312 g/mol. The van der Waals surface area contributed by atoms with Crippen LogP contribution in [0.3, 0.4) is 0 Å². The van der Waals surface area contributed by atoms with Gasteiger partial charge in [0.15, 0.2) is 5.92 Å². The average molecular weight is 312 g/mol. The number of carboxylic acids is 2. The Labute approximate surface area is 152 Å². The Bertz CT molecular complexity index is 220. The van der Waals surface area contributed by atoms with Gasteiger partial charge in [0.25, 0.3) is 0 Å². The van der Waals surface area contributed by atoms with E-state index in [9.17, 15) is 9.59 Å². The molecule has 0 aliphatic rings. The van der Waals surface area contributed by atoms with Crippen LogP contribution in [0, 0.1) is 5.92 Å². The zero-order chi connectivity index (χ0) is 15.8. The van der Waals surface area contributed by atoms with Gasteiger partial charge in [-0.1, -0.05) is 78.1 Å². The van der Waals surface area contributed by atoms with E-state index in [0.717, 1.165) is 6.92 Å². The molecule has 0 aromatic carbocycles. The van der Waals surface area contributed by atoms with Gasteiger partial charge in [0.05, 0.1) is 0 Å². The number of rotatable bonds is 11. The molecule has 0 rings (SSSR count). The first kappa shape index (κ1) is 25.9. The van der Waals surface area contributed by atoms with Crippen LogP contribution in [0.5, 0.6) is 0 Å². The van der Waals surface area contributed by atoms with E-state index >= 15 is 0 Å². The number of aliphatic carboxylic acids is 2. The van der Waals surface area contributed by atoms with Crippen LogP contribution in [0.15, 0.2) is 0 Å². The van der Waals surface area contributed by atoms with Crippen LogP contribution in [0.25, 0.3) is 0 Å². The molecule has 0 atom stereocenters. The predicted molar refractivity (Wildman–Crippen MR) is 89.1 cm³/mol. The third-order valence-electron chi connectivity index (χ3n) is 3.20. The summed E-state index contributed by atoms with van der Waals surface area (Å²) in [6.07, 6.45) is 14.4. The van der Waals surface area contributed by atoms with Crippen molar-refractivity contribution in [3.8, 4) is 0 Å². The molecule has 122 valence electrons.